The van der Waals surface area contributed by atoms with Crippen molar-refractivity contribution in [3.8, 4) is 0 Å². The number of unbranched alkanes of at least 4 members (excludes halogenated alkanes) is 1. The van der Waals surface area contributed by atoms with E-state index in [4.69, 9.17) is 0 Å². The largest absolute Gasteiger partial charge is 1.00 e. The molecule has 0 heterocycles. The van der Waals surface area contributed by atoms with Gasteiger partial charge in [-0.15, -0.1) is 6.42 Å². The predicted octanol–water partition coefficient (Wildman–Crippen LogP) is 2.35. The Hall–Kier alpha value is -0.750. The average Bonchev–Trinajstić information content (AvgIpc) is 2.64. The molecule has 0 rings (SSSR count). The van der Waals surface area contributed by atoms with E-state index in [1.165, 1.54) is 0 Å². The van der Waals surface area contributed by atoms with Crippen LogP contribution >= 0.6 is 0 Å². The minimum Gasteiger partial charge on any atom is -0.870 e. The zero-order valence-corrected chi connectivity index (χ0v) is 20.2. The van der Waals surface area contributed by atoms with Gasteiger partial charge in [-0.3, -0.25) is 6.29 Å². The summed E-state index contributed by atoms with van der Waals surface area (Å²) in [5.41, 5.74) is 0. The van der Waals surface area contributed by atoms with Gasteiger partial charge < -0.3 is 20.5 Å². The van der Waals surface area contributed by atoms with Gasteiger partial charge in [-0.25, -0.2) is 0 Å². The number of hydrogen-bond acceptors (Lipinski definition) is 4. The Morgan fingerprint density at radius 3 is 1.66 bits per heavy atom. The van der Waals surface area contributed by atoms with Crippen molar-refractivity contribution >= 4 is 6.29 Å². The molecule has 3 N–H and O–H groups in total. The van der Waals surface area contributed by atoms with Crippen molar-refractivity contribution < 1.29 is 50.0 Å². The number of allylic oxidation sites excluding steroid dienone is 10. The molecule has 0 amide bonds. The van der Waals surface area contributed by atoms with Crippen molar-refractivity contribution in [2.45, 2.75) is 83.3 Å². The topological polar surface area (TPSA) is 87.5 Å². The van der Waals surface area contributed by atoms with Crippen LogP contribution in [-0.4, -0.2) is 34.2 Å². The molecule has 29 heavy (non-hydrogen) atoms. The van der Waals surface area contributed by atoms with E-state index >= 15 is 0 Å². The minimum absolute atomic E-state index is 0. The normalized spacial score (nSPS) is 14.0. The van der Waals surface area contributed by atoms with Gasteiger partial charge in [0.2, 0.25) is 0 Å². The second-order valence-electron chi connectivity index (χ2n) is 6.53. The van der Waals surface area contributed by atoms with Crippen LogP contribution in [0.1, 0.15) is 71.1 Å². The molecule has 0 fully saturated rings. The van der Waals surface area contributed by atoms with E-state index in [9.17, 15) is 15.0 Å². The Morgan fingerprint density at radius 1 is 0.759 bits per heavy atom. The van der Waals surface area contributed by atoms with Gasteiger partial charge in [0.25, 0.3) is 0 Å². The number of aliphatic hydroxyl groups is 2. The molecule has 0 spiro atoms. The molecule has 5 heteroatoms. The van der Waals surface area contributed by atoms with Crippen LogP contribution in [0.5, 0.6) is 0 Å². The van der Waals surface area contributed by atoms with Crippen molar-refractivity contribution in [3.05, 3.63) is 60.8 Å². The maximum absolute atomic E-state index is 10.1. The Bertz CT molecular complexity index is 481. The molecule has 0 aromatic heterocycles. The smallest absolute Gasteiger partial charge is 0.870 e. The van der Waals surface area contributed by atoms with Crippen LogP contribution in [0.2, 0.25) is 0 Å². The van der Waals surface area contributed by atoms with Crippen LogP contribution in [0.15, 0.2) is 60.8 Å². The molecule has 0 aliphatic carbocycles. The summed E-state index contributed by atoms with van der Waals surface area (Å²) in [4.78, 5) is 10.1. The molecule has 2 atom stereocenters. The van der Waals surface area contributed by atoms with Crippen molar-refractivity contribution in [3.63, 3.8) is 0 Å². The summed E-state index contributed by atoms with van der Waals surface area (Å²) >= 11 is 0. The molecule has 0 radical (unpaired) electrons. The van der Waals surface area contributed by atoms with Crippen molar-refractivity contribution in [1.82, 2.24) is 0 Å². The SMILES string of the molecule is CC/C=C\C/C=C\C/C=C\C/C=C\C/C=C\CCC[C@@H](O)C[C@@H](O)C[C-]=O.[Na+].[OH-]. The first-order chi connectivity index (χ1) is 13.2. The summed E-state index contributed by atoms with van der Waals surface area (Å²) in [6, 6.07) is 0. The first kappa shape index (κ1) is 32.9. The van der Waals surface area contributed by atoms with E-state index in [-0.39, 0.29) is 47.9 Å². The van der Waals surface area contributed by atoms with Crippen LogP contribution in [-0.2, 0) is 4.79 Å². The van der Waals surface area contributed by atoms with Gasteiger partial charge in [0, 0.05) is 6.10 Å². The molecule has 0 bridgehead atoms. The summed E-state index contributed by atoms with van der Waals surface area (Å²) in [7, 11) is 0. The molecule has 4 nitrogen and oxygen atoms in total. The van der Waals surface area contributed by atoms with Crippen molar-refractivity contribution in [1.29, 1.82) is 0 Å². The van der Waals surface area contributed by atoms with E-state index in [0.29, 0.717) is 6.42 Å². The Kier molecular flexibility index (Phi) is 30.9. The fourth-order valence-electron chi connectivity index (χ4n) is 2.45. The molecule has 0 saturated carbocycles. The third kappa shape index (κ3) is 27.2. The Morgan fingerprint density at radius 2 is 1.21 bits per heavy atom. The van der Waals surface area contributed by atoms with Crippen molar-refractivity contribution in [2.24, 2.45) is 0 Å². The molecule has 0 aromatic carbocycles. The van der Waals surface area contributed by atoms with Crippen LogP contribution in [0.25, 0.3) is 0 Å². The van der Waals surface area contributed by atoms with Gasteiger partial charge in [0.1, 0.15) is 0 Å². The minimum atomic E-state index is -0.772. The van der Waals surface area contributed by atoms with E-state index in [1.807, 2.05) is 0 Å². The molecular weight excluding hydrogens is 375 g/mol. The third-order valence-electron chi connectivity index (χ3n) is 3.93. The molecule has 0 aliphatic heterocycles. The first-order valence-corrected chi connectivity index (χ1v) is 10.2. The molecule has 0 saturated heterocycles. The van der Waals surface area contributed by atoms with Gasteiger partial charge in [0.15, 0.2) is 0 Å². The van der Waals surface area contributed by atoms with Gasteiger partial charge in [0.05, 0.1) is 6.10 Å². The zero-order chi connectivity index (χ0) is 20.0. The van der Waals surface area contributed by atoms with Crippen LogP contribution < -0.4 is 29.6 Å². The number of hydrogen-bond donors (Lipinski definition) is 2. The Labute approximate surface area is 199 Å². The van der Waals surface area contributed by atoms with Gasteiger partial charge >= 0.3 is 29.6 Å². The monoisotopic (exact) mass is 413 g/mol. The third-order valence-corrected chi connectivity index (χ3v) is 3.93. The quantitative estimate of drug-likeness (QED) is 0.166. The predicted molar refractivity (Wildman–Crippen MR) is 117 cm³/mol. The molecule has 0 unspecified atom stereocenters. The van der Waals surface area contributed by atoms with Crippen LogP contribution in [0.4, 0.5) is 0 Å². The maximum atomic E-state index is 10.1. The summed E-state index contributed by atoms with van der Waals surface area (Å²) in [5, 5.41) is 19.1. The van der Waals surface area contributed by atoms with E-state index < -0.39 is 12.2 Å². The van der Waals surface area contributed by atoms with Gasteiger partial charge in [-0.05, 0) is 57.8 Å². The second kappa shape index (κ2) is 27.2. The van der Waals surface area contributed by atoms with Gasteiger partial charge in [-0.2, -0.15) is 0 Å². The molecule has 0 aromatic rings. The van der Waals surface area contributed by atoms with Crippen LogP contribution in [0, 0.1) is 0 Å². The van der Waals surface area contributed by atoms with Crippen molar-refractivity contribution in [2.75, 3.05) is 0 Å². The number of carbonyl (C=O) groups excluding carboxylic acids is 1. The standard InChI is InChI=1S/C24H37O3.Na.H2O/c1-2-3-4-5-6-7-8-9-10-11-12-13-14-15-16-17-18-19-23(26)22-24(27)20-21-25;;/h3-4,6-7,9-10,12-13,15-16,23-24,26-27H,2,5,8,11,14,17-20,22H2,1H3;;1H2/q-1;+1;/p-1/b4-3-,7-6-,10-9-,13-12-,16-15-;;/t23-,24+;;/m1../s1. The summed E-state index contributed by atoms with van der Waals surface area (Å²) in [6.45, 7) is 2.14. The van der Waals surface area contributed by atoms with Crippen LogP contribution in [0.3, 0.4) is 0 Å². The first-order valence-electron chi connectivity index (χ1n) is 10.2. The summed E-state index contributed by atoms with van der Waals surface area (Å²) in [6.07, 6.45) is 29.7. The van der Waals surface area contributed by atoms with E-state index in [2.05, 4.69) is 67.7 Å². The molecule has 0 aliphatic rings. The van der Waals surface area contributed by atoms with Gasteiger partial charge in [-0.1, -0.05) is 67.7 Å². The average molecular weight is 414 g/mol. The maximum Gasteiger partial charge on any atom is 1.00 e. The fourth-order valence-corrected chi connectivity index (χ4v) is 2.45. The Balaban J connectivity index is -0.00000338. The molecule has 160 valence electrons. The summed E-state index contributed by atoms with van der Waals surface area (Å²) < 4.78 is 0. The molecular formula is C24H38NaO4-. The summed E-state index contributed by atoms with van der Waals surface area (Å²) in [5.74, 6) is 0. The van der Waals surface area contributed by atoms with E-state index in [1.54, 1.807) is 6.29 Å². The number of aliphatic hydroxyl groups excluding tert-OH is 2. The fraction of sp³-hybridized carbons (Fsp3) is 0.542. The zero-order valence-electron chi connectivity index (χ0n) is 18.2. The van der Waals surface area contributed by atoms with E-state index in [0.717, 1.165) is 44.9 Å². The second-order valence-corrected chi connectivity index (χ2v) is 6.53. The number of rotatable bonds is 17.